The Kier molecular flexibility index (Phi) is 5.64. The molecule has 1 rings (SSSR count). The van der Waals surface area contributed by atoms with Crippen molar-refractivity contribution in [3.8, 4) is 0 Å². The molecule has 0 aliphatic carbocycles. The lowest BCUT2D eigenvalue weighted by Crippen LogP contribution is -2.34. The summed E-state index contributed by atoms with van der Waals surface area (Å²) in [6, 6.07) is 2.92. The first-order valence-corrected chi connectivity index (χ1v) is 8.25. The highest BCUT2D eigenvalue weighted by Crippen LogP contribution is 2.27. The first-order chi connectivity index (χ1) is 8.81. The first kappa shape index (κ1) is 16.3. The van der Waals surface area contributed by atoms with Crippen LogP contribution in [0.15, 0.2) is 17.0 Å². The summed E-state index contributed by atoms with van der Waals surface area (Å²) in [6.45, 7) is 5.76. The molecule has 0 heterocycles. The number of rotatable bonds is 6. The number of hydrogen-bond donors (Lipinski definition) is 2. The van der Waals surface area contributed by atoms with Crippen molar-refractivity contribution in [2.75, 3.05) is 5.73 Å². The second-order valence-corrected chi connectivity index (χ2v) is 6.74. The largest absolute Gasteiger partial charge is 0.398 e. The molecule has 4 nitrogen and oxygen atoms in total. The minimum atomic E-state index is -3.63. The van der Waals surface area contributed by atoms with Gasteiger partial charge < -0.3 is 5.73 Å². The van der Waals surface area contributed by atoms with Crippen LogP contribution in [0.1, 0.15) is 38.7 Å². The van der Waals surface area contributed by atoms with E-state index < -0.39 is 10.0 Å². The molecule has 1 unspecified atom stereocenters. The Morgan fingerprint density at radius 3 is 2.53 bits per heavy atom. The monoisotopic (exact) mass is 304 g/mol. The van der Waals surface area contributed by atoms with Crippen molar-refractivity contribution in [1.82, 2.24) is 4.72 Å². The summed E-state index contributed by atoms with van der Waals surface area (Å²) in [4.78, 5) is 0.0480. The van der Waals surface area contributed by atoms with Gasteiger partial charge in [0.2, 0.25) is 10.0 Å². The summed E-state index contributed by atoms with van der Waals surface area (Å²) in [7, 11) is -3.63. The average Bonchev–Trinajstić information content (AvgIpc) is 2.32. The second-order valence-electron chi connectivity index (χ2n) is 4.65. The minimum Gasteiger partial charge on any atom is -0.398 e. The molecule has 0 amide bonds. The fraction of sp³-hybridized carbons (Fsp3) is 0.538. The number of nitrogens with one attached hydrogen (secondary N) is 1. The van der Waals surface area contributed by atoms with E-state index in [0.717, 1.165) is 24.8 Å². The maximum Gasteiger partial charge on any atom is 0.242 e. The van der Waals surface area contributed by atoms with Gasteiger partial charge in [-0.05, 0) is 37.5 Å². The van der Waals surface area contributed by atoms with E-state index in [1.807, 2.05) is 13.8 Å². The first-order valence-electron chi connectivity index (χ1n) is 6.39. The number of halogens is 1. The van der Waals surface area contributed by atoms with Gasteiger partial charge in [-0.15, -0.1) is 0 Å². The van der Waals surface area contributed by atoms with Crippen LogP contribution in [0, 0.1) is 6.92 Å². The summed E-state index contributed by atoms with van der Waals surface area (Å²) >= 11 is 6.01. The van der Waals surface area contributed by atoms with Crippen LogP contribution in [0.2, 0.25) is 5.02 Å². The predicted molar refractivity (Wildman–Crippen MR) is 79.9 cm³/mol. The summed E-state index contributed by atoms with van der Waals surface area (Å²) in [5.74, 6) is 0. The molecule has 0 fully saturated rings. The lowest BCUT2D eigenvalue weighted by atomic mass is 10.1. The lowest BCUT2D eigenvalue weighted by Gasteiger charge is -2.17. The zero-order chi connectivity index (χ0) is 14.6. The molecular weight excluding hydrogens is 284 g/mol. The smallest absolute Gasteiger partial charge is 0.242 e. The van der Waals surface area contributed by atoms with Crippen LogP contribution in [0.4, 0.5) is 5.69 Å². The van der Waals surface area contributed by atoms with Crippen LogP contribution < -0.4 is 10.5 Å². The maximum atomic E-state index is 12.3. The molecule has 19 heavy (non-hydrogen) atoms. The van der Waals surface area contributed by atoms with Gasteiger partial charge in [-0.2, -0.15) is 0 Å². The fourth-order valence-corrected chi connectivity index (χ4v) is 3.82. The average molecular weight is 305 g/mol. The van der Waals surface area contributed by atoms with Crippen molar-refractivity contribution in [3.05, 3.63) is 22.7 Å². The molecule has 6 heteroatoms. The molecule has 108 valence electrons. The summed E-state index contributed by atoms with van der Waals surface area (Å²) < 4.78 is 27.3. The third-order valence-electron chi connectivity index (χ3n) is 3.06. The van der Waals surface area contributed by atoms with Gasteiger partial charge in [0.1, 0.15) is 4.90 Å². The Morgan fingerprint density at radius 1 is 1.37 bits per heavy atom. The number of hydrogen-bond acceptors (Lipinski definition) is 3. The third-order valence-corrected chi connectivity index (χ3v) is 5.05. The van der Waals surface area contributed by atoms with Crippen LogP contribution in [0.5, 0.6) is 0 Å². The predicted octanol–water partition coefficient (Wildman–Crippen LogP) is 3.09. The van der Waals surface area contributed by atoms with Crippen molar-refractivity contribution in [2.24, 2.45) is 0 Å². The van der Waals surface area contributed by atoms with E-state index in [-0.39, 0.29) is 16.0 Å². The van der Waals surface area contributed by atoms with E-state index in [1.54, 1.807) is 13.0 Å². The number of anilines is 1. The van der Waals surface area contributed by atoms with Crippen LogP contribution in [-0.4, -0.2) is 14.5 Å². The molecule has 0 saturated carbocycles. The van der Waals surface area contributed by atoms with E-state index in [1.165, 1.54) is 6.07 Å². The lowest BCUT2D eigenvalue weighted by molar-refractivity contribution is 0.512. The third kappa shape index (κ3) is 4.09. The molecule has 0 bridgehead atoms. The van der Waals surface area contributed by atoms with Gasteiger partial charge in [0.25, 0.3) is 0 Å². The molecule has 0 aliphatic rings. The van der Waals surface area contributed by atoms with Gasteiger partial charge in [-0.25, -0.2) is 13.1 Å². The maximum absolute atomic E-state index is 12.3. The summed E-state index contributed by atoms with van der Waals surface area (Å²) in [5.41, 5.74) is 6.95. The van der Waals surface area contributed by atoms with E-state index in [2.05, 4.69) is 4.72 Å². The van der Waals surface area contributed by atoms with Gasteiger partial charge in [-0.3, -0.25) is 0 Å². The van der Waals surface area contributed by atoms with Crippen molar-refractivity contribution in [3.63, 3.8) is 0 Å². The summed E-state index contributed by atoms with van der Waals surface area (Å²) in [6.07, 6.45) is 2.46. The van der Waals surface area contributed by atoms with Gasteiger partial charge in [0.05, 0.1) is 5.02 Å². The highest BCUT2D eigenvalue weighted by molar-refractivity contribution is 7.89. The van der Waals surface area contributed by atoms with Gasteiger partial charge in [0.15, 0.2) is 0 Å². The molecule has 1 aromatic rings. The Labute approximate surface area is 120 Å². The molecule has 3 N–H and O–H groups in total. The van der Waals surface area contributed by atoms with Gasteiger partial charge in [-0.1, -0.05) is 31.9 Å². The van der Waals surface area contributed by atoms with E-state index in [0.29, 0.717) is 5.69 Å². The SMILES string of the molecule is CCCC(CC)NS(=O)(=O)c1cc(N)c(C)cc1Cl. The molecule has 0 saturated heterocycles. The fourth-order valence-electron chi connectivity index (χ4n) is 1.85. The normalized spacial score (nSPS) is 13.5. The van der Waals surface area contributed by atoms with Gasteiger partial charge >= 0.3 is 0 Å². The topological polar surface area (TPSA) is 72.2 Å². The van der Waals surface area contributed by atoms with Crippen molar-refractivity contribution in [1.29, 1.82) is 0 Å². The molecule has 0 aromatic heterocycles. The highest BCUT2D eigenvalue weighted by Gasteiger charge is 2.22. The Balaban J connectivity index is 3.10. The van der Waals surface area contributed by atoms with E-state index in [4.69, 9.17) is 17.3 Å². The summed E-state index contributed by atoms with van der Waals surface area (Å²) in [5, 5.41) is 0.200. The van der Waals surface area contributed by atoms with Crippen LogP contribution >= 0.6 is 11.6 Å². The molecule has 0 spiro atoms. The Morgan fingerprint density at radius 2 is 2.00 bits per heavy atom. The molecule has 0 aliphatic heterocycles. The number of nitrogen functional groups attached to an aromatic ring is 1. The van der Waals surface area contributed by atoms with E-state index in [9.17, 15) is 8.42 Å². The number of aryl methyl sites for hydroxylation is 1. The highest BCUT2D eigenvalue weighted by atomic mass is 35.5. The standard InChI is InChI=1S/C13H21ClN2O2S/c1-4-6-10(5-2)16-19(17,18)13-8-12(15)9(3)7-11(13)14/h7-8,10,16H,4-6,15H2,1-3H3. The molecule has 1 aromatic carbocycles. The number of nitrogens with two attached hydrogens (primary N) is 1. The minimum absolute atomic E-state index is 0.0480. The van der Waals surface area contributed by atoms with E-state index >= 15 is 0 Å². The zero-order valence-electron chi connectivity index (χ0n) is 11.5. The molecular formula is C13H21ClN2O2S. The molecule has 1 atom stereocenters. The van der Waals surface area contributed by atoms with Crippen molar-refractivity contribution < 1.29 is 8.42 Å². The van der Waals surface area contributed by atoms with Crippen molar-refractivity contribution >= 4 is 27.3 Å². The Hall–Kier alpha value is -0.780. The number of sulfonamides is 1. The van der Waals surface area contributed by atoms with Crippen LogP contribution in [-0.2, 0) is 10.0 Å². The second kappa shape index (κ2) is 6.59. The van der Waals surface area contributed by atoms with Crippen LogP contribution in [0.25, 0.3) is 0 Å². The van der Waals surface area contributed by atoms with Crippen LogP contribution in [0.3, 0.4) is 0 Å². The molecule has 0 radical (unpaired) electrons. The van der Waals surface area contributed by atoms with Gasteiger partial charge in [0, 0.05) is 11.7 Å². The number of benzene rings is 1. The quantitative estimate of drug-likeness (QED) is 0.793. The van der Waals surface area contributed by atoms with Crippen molar-refractivity contribution in [2.45, 2.75) is 51.0 Å². The Bertz CT molecular complexity index is 544. The zero-order valence-corrected chi connectivity index (χ0v) is 13.1.